The van der Waals surface area contributed by atoms with E-state index in [0.717, 1.165) is 17.7 Å². The molecule has 0 unspecified atom stereocenters. The van der Waals surface area contributed by atoms with Crippen molar-refractivity contribution in [2.24, 2.45) is 0 Å². The van der Waals surface area contributed by atoms with E-state index in [2.05, 4.69) is 12.2 Å². The predicted octanol–water partition coefficient (Wildman–Crippen LogP) is 2.29. The number of carboxylic acids is 1. The van der Waals surface area contributed by atoms with Crippen LogP contribution in [-0.4, -0.2) is 40.8 Å². The van der Waals surface area contributed by atoms with E-state index in [0.29, 0.717) is 25.0 Å². The van der Waals surface area contributed by atoms with E-state index in [1.54, 1.807) is 4.90 Å². The number of carboxylic acid groups (broad SMARTS) is 1. The Morgan fingerprint density at radius 3 is 2.96 bits per heavy atom. The molecule has 3 aliphatic rings. The zero-order chi connectivity index (χ0) is 16.7. The second-order valence-electron chi connectivity index (χ2n) is 6.55. The zero-order valence-corrected chi connectivity index (χ0v) is 13.2. The molecule has 1 saturated heterocycles. The van der Waals surface area contributed by atoms with Gasteiger partial charge in [-0.15, -0.1) is 0 Å². The average Bonchev–Trinajstić information content (AvgIpc) is 3.15. The molecule has 6 heteroatoms. The van der Waals surface area contributed by atoms with Crippen molar-refractivity contribution in [3.8, 4) is 11.5 Å². The molecule has 126 valence electrons. The topological polar surface area (TPSA) is 76.1 Å². The molecule has 0 bridgehead atoms. The summed E-state index contributed by atoms with van der Waals surface area (Å²) in [5.74, 6) is 0.459. The van der Waals surface area contributed by atoms with Gasteiger partial charge in [0.25, 0.3) is 0 Å². The number of ether oxygens (including phenoxy) is 2. The van der Waals surface area contributed by atoms with Gasteiger partial charge in [0, 0.05) is 12.3 Å². The van der Waals surface area contributed by atoms with Crippen LogP contribution in [0.15, 0.2) is 30.4 Å². The lowest BCUT2D eigenvalue weighted by Crippen LogP contribution is -2.52. The minimum Gasteiger partial charge on any atom is -0.480 e. The van der Waals surface area contributed by atoms with Crippen LogP contribution >= 0.6 is 0 Å². The van der Waals surface area contributed by atoms with Gasteiger partial charge < -0.3 is 19.5 Å². The molecule has 1 spiro atoms. The van der Waals surface area contributed by atoms with Crippen molar-refractivity contribution in [3.05, 3.63) is 35.9 Å². The van der Waals surface area contributed by atoms with Gasteiger partial charge in [0.2, 0.25) is 12.7 Å². The number of carbonyl (C=O) groups excluding carboxylic acids is 1. The molecular formula is C18H19NO5. The fourth-order valence-corrected chi connectivity index (χ4v) is 4.25. The van der Waals surface area contributed by atoms with E-state index in [4.69, 9.17) is 9.47 Å². The third-order valence-corrected chi connectivity index (χ3v) is 5.36. The standard InChI is InChI=1S/C18H19NO5/c20-16-6-8-18(19(16)10-17(21)22)7-2-1-3-13(18)12-4-5-14-15(9-12)24-11-23-14/h1-2,4-5,9,13H,3,6-8,10-11H2,(H,21,22)/t13-,18+/m0/s1. The minimum atomic E-state index is -0.969. The summed E-state index contributed by atoms with van der Waals surface area (Å²) in [5.41, 5.74) is 0.603. The highest BCUT2D eigenvalue weighted by Crippen LogP contribution is 2.50. The normalized spacial score (nSPS) is 27.9. The van der Waals surface area contributed by atoms with Crippen molar-refractivity contribution >= 4 is 11.9 Å². The first-order chi connectivity index (χ1) is 11.6. The maximum Gasteiger partial charge on any atom is 0.323 e. The number of aliphatic carboxylic acids is 1. The summed E-state index contributed by atoms with van der Waals surface area (Å²) in [7, 11) is 0. The molecule has 1 N–H and O–H groups in total. The summed E-state index contributed by atoms with van der Waals surface area (Å²) in [4.78, 5) is 25.2. The SMILES string of the molecule is O=C(O)CN1C(=O)CC[C@@]12CC=CC[C@H]2c1ccc2c(c1)OCO2. The van der Waals surface area contributed by atoms with Crippen molar-refractivity contribution in [3.63, 3.8) is 0 Å². The summed E-state index contributed by atoms with van der Waals surface area (Å²) >= 11 is 0. The third kappa shape index (κ3) is 2.25. The van der Waals surface area contributed by atoms with Crippen LogP contribution in [0.25, 0.3) is 0 Å². The summed E-state index contributed by atoms with van der Waals surface area (Å²) in [6, 6.07) is 5.86. The van der Waals surface area contributed by atoms with Crippen LogP contribution in [0.2, 0.25) is 0 Å². The molecule has 1 fully saturated rings. The first-order valence-corrected chi connectivity index (χ1v) is 8.17. The number of amides is 1. The second kappa shape index (κ2) is 5.54. The summed E-state index contributed by atoms with van der Waals surface area (Å²) in [5, 5.41) is 9.24. The highest BCUT2D eigenvalue weighted by atomic mass is 16.7. The number of allylic oxidation sites excluding steroid dienone is 1. The molecule has 1 aromatic rings. The number of benzene rings is 1. The molecule has 0 saturated carbocycles. The molecule has 24 heavy (non-hydrogen) atoms. The predicted molar refractivity (Wildman–Crippen MR) is 85.0 cm³/mol. The van der Waals surface area contributed by atoms with Crippen molar-refractivity contribution < 1.29 is 24.2 Å². The fraction of sp³-hybridized carbons (Fsp3) is 0.444. The Bertz CT molecular complexity index is 728. The van der Waals surface area contributed by atoms with Crippen molar-refractivity contribution in [2.45, 2.75) is 37.1 Å². The molecule has 0 radical (unpaired) electrons. The molecule has 1 aliphatic carbocycles. The number of fused-ring (bicyclic) bond motifs is 1. The lowest BCUT2D eigenvalue weighted by Gasteiger charge is -2.45. The number of hydrogen-bond donors (Lipinski definition) is 1. The molecule has 2 aliphatic heterocycles. The third-order valence-electron chi connectivity index (χ3n) is 5.36. The second-order valence-corrected chi connectivity index (χ2v) is 6.55. The van der Waals surface area contributed by atoms with Crippen LogP contribution in [0.1, 0.15) is 37.2 Å². The van der Waals surface area contributed by atoms with Crippen molar-refractivity contribution in [1.82, 2.24) is 4.90 Å². The number of rotatable bonds is 3. The van der Waals surface area contributed by atoms with E-state index in [1.165, 1.54) is 0 Å². The molecule has 2 atom stereocenters. The smallest absolute Gasteiger partial charge is 0.323 e. The van der Waals surface area contributed by atoms with E-state index >= 15 is 0 Å². The Morgan fingerprint density at radius 1 is 1.29 bits per heavy atom. The van der Waals surface area contributed by atoms with Crippen molar-refractivity contribution in [1.29, 1.82) is 0 Å². The Hall–Kier alpha value is -2.50. The number of hydrogen-bond acceptors (Lipinski definition) is 4. The van der Waals surface area contributed by atoms with E-state index in [-0.39, 0.29) is 25.2 Å². The van der Waals surface area contributed by atoms with Crippen LogP contribution in [0.5, 0.6) is 11.5 Å². The Morgan fingerprint density at radius 2 is 2.12 bits per heavy atom. The Labute approximate surface area is 139 Å². The number of carbonyl (C=O) groups is 2. The fourth-order valence-electron chi connectivity index (χ4n) is 4.25. The first-order valence-electron chi connectivity index (χ1n) is 8.17. The van der Waals surface area contributed by atoms with Gasteiger partial charge in [0.15, 0.2) is 11.5 Å². The van der Waals surface area contributed by atoms with Gasteiger partial charge in [0.05, 0.1) is 5.54 Å². The monoisotopic (exact) mass is 329 g/mol. The van der Waals surface area contributed by atoms with Gasteiger partial charge in [-0.2, -0.15) is 0 Å². The van der Waals surface area contributed by atoms with Gasteiger partial charge in [-0.05, 0) is 37.0 Å². The van der Waals surface area contributed by atoms with Crippen LogP contribution in [0.4, 0.5) is 0 Å². The quantitative estimate of drug-likeness (QED) is 0.861. The lowest BCUT2D eigenvalue weighted by molar-refractivity contribution is -0.146. The van der Waals surface area contributed by atoms with Crippen molar-refractivity contribution in [2.75, 3.05) is 13.3 Å². The maximum atomic E-state index is 12.3. The minimum absolute atomic E-state index is 0.0581. The molecule has 1 amide bonds. The van der Waals surface area contributed by atoms with Crippen LogP contribution in [0, 0.1) is 0 Å². The van der Waals surface area contributed by atoms with Gasteiger partial charge in [-0.1, -0.05) is 18.2 Å². The average molecular weight is 329 g/mol. The van der Waals surface area contributed by atoms with Crippen LogP contribution in [0.3, 0.4) is 0 Å². The summed E-state index contributed by atoms with van der Waals surface area (Å²) < 4.78 is 10.8. The van der Waals surface area contributed by atoms with Crippen LogP contribution < -0.4 is 9.47 Å². The largest absolute Gasteiger partial charge is 0.480 e. The molecule has 4 rings (SSSR count). The van der Waals surface area contributed by atoms with Gasteiger partial charge in [-0.25, -0.2) is 0 Å². The maximum absolute atomic E-state index is 12.3. The number of likely N-dealkylation sites (tertiary alicyclic amines) is 1. The highest BCUT2D eigenvalue weighted by Gasteiger charge is 2.51. The molecule has 0 aromatic heterocycles. The van der Waals surface area contributed by atoms with E-state index in [1.807, 2.05) is 18.2 Å². The summed E-state index contributed by atoms with van der Waals surface area (Å²) in [6.07, 6.45) is 6.73. The van der Waals surface area contributed by atoms with Gasteiger partial charge >= 0.3 is 5.97 Å². The van der Waals surface area contributed by atoms with Crippen LogP contribution in [-0.2, 0) is 9.59 Å². The lowest BCUT2D eigenvalue weighted by atomic mass is 9.70. The molecule has 6 nitrogen and oxygen atoms in total. The van der Waals surface area contributed by atoms with E-state index in [9.17, 15) is 14.7 Å². The molecule has 2 heterocycles. The Kier molecular flexibility index (Phi) is 3.48. The molecular weight excluding hydrogens is 310 g/mol. The highest BCUT2D eigenvalue weighted by molar-refractivity contribution is 5.84. The summed E-state index contributed by atoms with van der Waals surface area (Å²) in [6.45, 7) is -0.0220. The van der Waals surface area contributed by atoms with Gasteiger partial charge in [0.1, 0.15) is 6.54 Å². The zero-order valence-electron chi connectivity index (χ0n) is 13.2. The molecule has 1 aromatic carbocycles. The number of nitrogens with zero attached hydrogens (tertiary/aromatic N) is 1. The van der Waals surface area contributed by atoms with Gasteiger partial charge in [-0.3, -0.25) is 9.59 Å². The van der Waals surface area contributed by atoms with E-state index < -0.39 is 11.5 Å². The Balaban J connectivity index is 1.74. The first kappa shape index (κ1) is 15.1.